The molecule has 54 heavy (non-hydrogen) atoms. The first-order valence-electron chi connectivity index (χ1n) is 19.2. The van der Waals surface area contributed by atoms with Crippen LogP contribution < -0.4 is 23.8 Å². The maximum Gasteiger partial charge on any atom is 0.264 e. The van der Waals surface area contributed by atoms with Crippen molar-refractivity contribution in [3.63, 3.8) is 0 Å². The fourth-order valence-electron chi connectivity index (χ4n) is 7.96. The lowest BCUT2D eigenvalue weighted by molar-refractivity contribution is -0.118. The number of rotatable bonds is 10. The summed E-state index contributed by atoms with van der Waals surface area (Å²) in [6, 6.07) is 14.4. The monoisotopic (exact) mass is 781 g/mol. The summed E-state index contributed by atoms with van der Waals surface area (Å²) in [5, 5.41) is 0.709. The number of nitrogens with one attached hydrogen (secondary N) is 1. The molecule has 1 aliphatic carbocycles. The van der Waals surface area contributed by atoms with E-state index in [1.54, 1.807) is 31.4 Å². The standard InChI is InChI=1S/C40H52ClN5O7S/c1-3-4-28-21-32(41)7-10-35(28)31-25-46-24-29-5-6-30(29)26-53-40-38(51-20-18-45-15-13-44(14-16-45)17-19-50-2)11-8-33(42-40)22-39(47)43-54(48,49)34-9-12-37(52-27-31)36(46)23-34/h7-12,21,23,29-31H,3-6,13-20,22,24-27H2,1-2H3,(H,43,47)/t29-,30+,31-/m0/s1. The van der Waals surface area contributed by atoms with Crippen LogP contribution in [0.15, 0.2) is 53.4 Å². The number of sulfonamides is 1. The lowest BCUT2D eigenvalue weighted by Crippen LogP contribution is -2.48. The van der Waals surface area contributed by atoms with Crippen molar-refractivity contribution < 1.29 is 32.2 Å². The zero-order chi connectivity index (χ0) is 37.7. The number of aromatic nitrogens is 1. The van der Waals surface area contributed by atoms with Crippen molar-refractivity contribution in [2.75, 3.05) is 90.8 Å². The zero-order valence-corrected chi connectivity index (χ0v) is 32.9. The first-order valence-corrected chi connectivity index (χ1v) is 21.1. The summed E-state index contributed by atoms with van der Waals surface area (Å²) in [5.41, 5.74) is 3.49. The maximum absolute atomic E-state index is 13.7. The van der Waals surface area contributed by atoms with Crippen molar-refractivity contribution in [3.05, 3.63) is 70.4 Å². The van der Waals surface area contributed by atoms with Gasteiger partial charge in [0.2, 0.25) is 5.91 Å². The van der Waals surface area contributed by atoms with Crippen LogP contribution in [0.25, 0.3) is 0 Å². The molecule has 1 saturated carbocycles. The van der Waals surface area contributed by atoms with Gasteiger partial charge in [0.15, 0.2) is 5.75 Å². The highest BCUT2D eigenvalue weighted by atomic mass is 35.5. The molecule has 1 amide bonds. The Kier molecular flexibility index (Phi) is 12.5. The van der Waals surface area contributed by atoms with Gasteiger partial charge in [-0.25, -0.2) is 18.1 Å². The molecule has 3 aliphatic heterocycles. The Hall–Kier alpha value is -3.62. The normalized spacial score (nSPS) is 23.2. The molecule has 292 valence electrons. The van der Waals surface area contributed by atoms with Gasteiger partial charge in [0.25, 0.3) is 15.9 Å². The Morgan fingerprint density at radius 3 is 2.44 bits per heavy atom. The molecule has 3 aromatic rings. The van der Waals surface area contributed by atoms with E-state index in [0.717, 1.165) is 71.6 Å². The number of hydrogen-bond donors (Lipinski definition) is 1. The summed E-state index contributed by atoms with van der Waals surface area (Å²) in [5.74, 6) is 1.37. The topological polar surface area (TPSA) is 123 Å². The molecule has 0 spiro atoms. The molecule has 4 aliphatic rings. The average Bonchev–Trinajstić information content (AvgIpc) is 3.32. The molecular formula is C40H52ClN5O7S. The number of fused-ring (bicyclic) bond motifs is 4. The van der Waals surface area contributed by atoms with Crippen LogP contribution in [0.3, 0.4) is 0 Å². The van der Waals surface area contributed by atoms with Crippen LogP contribution in [0, 0.1) is 11.8 Å². The van der Waals surface area contributed by atoms with E-state index in [0.29, 0.717) is 72.6 Å². The van der Waals surface area contributed by atoms with Crippen LogP contribution in [0.2, 0.25) is 5.02 Å². The number of benzene rings is 2. The first kappa shape index (κ1) is 38.6. The highest BCUT2D eigenvalue weighted by Gasteiger charge is 2.36. The first-order chi connectivity index (χ1) is 26.2. The quantitative estimate of drug-likeness (QED) is 0.306. The highest BCUT2D eigenvalue weighted by molar-refractivity contribution is 7.90. The Balaban J connectivity index is 1.11. The van der Waals surface area contributed by atoms with Crippen molar-refractivity contribution >= 4 is 33.2 Å². The maximum atomic E-state index is 13.7. The Morgan fingerprint density at radius 2 is 1.70 bits per heavy atom. The number of nitrogens with zero attached hydrogens (tertiary/aromatic N) is 4. The lowest BCUT2D eigenvalue weighted by Gasteiger charge is -2.41. The van der Waals surface area contributed by atoms with Crippen LogP contribution in [-0.4, -0.2) is 115 Å². The molecule has 7 rings (SSSR count). The summed E-state index contributed by atoms with van der Waals surface area (Å²) < 4.78 is 53.9. The van der Waals surface area contributed by atoms with Crippen LogP contribution >= 0.6 is 11.6 Å². The molecule has 1 N–H and O–H groups in total. The van der Waals surface area contributed by atoms with Gasteiger partial charge in [0, 0.05) is 70.4 Å². The van der Waals surface area contributed by atoms with Gasteiger partial charge in [-0.15, -0.1) is 0 Å². The number of carbonyl (C=O) groups is 1. The number of piperazine rings is 1. The van der Waals surface area contributed by atoms with Crippen molar-refractivity contribution in [1.82, 2.24) is 19.5 Å². The minimum absolute atomic E-state index is 0.00851. The van der Waals surface area contributed by atoms with Crippen LogP contribution in [-0.2, 0) is 32.4 Å². The van der Waals surface area contributed by atoms with Crippen molar-refractivity contribution in [3.8, 4) is 17.4 Å². The Labute approximate surface area is 324 Å². The number of halogens is 1. The number of pyridine rings is 1. The predicted octanol–water partition coefficient (Wildman–Crippen LogP) is 4.78. The van der Waals surface area contributed by atoms with E-state index in [-0.39, 0.29) is 23.2 Å². The fourth-order valence-corrected chi connectivity index (χ4v) is 9.15. The second-order valence-electron chi connectivity index (χ2n) is 14.9. The molecule has 1 saturated heterocycles. The summed E-state index contributed by atoms with van der Waals surface area (Å²) >= 11 is 6.44. The van der Waals surface area contributed by atoms with Gasteiger partial charge in [-0.05, 0) is 84.7 Å². The number of anilines is 1. The second-order valence-corrected chi connectivity index (χ2v) is 17.0. The van der Waals surface area contributed by atoms with Gasteiger partial charge in [-0.3, -0.25) is 14.6 Å². The number of amides is 1. The SMILES string of the molecule is CCCc1cc(Cl)ccc1[C@@H]1COc2ccc3cc2N(C1)C[C@@H]1CC[C@@H]1COc1nc(ccc1OCCN1CCN(CCOC)CC1)CC(=O)NS3(=O)=O. The molecule has 3 atom stereocenters. The number of methoxy groups -OCH3 is 1. The van der Waals surface area contributed by atoms with Crippen LogP contribution in [0.5, 0.6) is 17.4 Å². The number of carbonyl (C=O) groups excluding carboxylic acids is 1. The summed E-state index contributed by atoms with van der Waals surface area (Å²) in [4.78, 5) is 25.0. The van der Waals surface area contributed by atoms with E-state index in [1.165, 1.54) is 17.2 Å². The van der Waals surface area contributed by atoms with E-state index < -0.39 is 15.9 Å². The van der Waals surface area contributed by atoms with E-state index >= 15 is 0 Å². The summed E-state index contributed by atoms with van der Waals surface area (Å²) in [6.45, 7) is 11.2. The van der Waals surface area contributed by atoms with Crippen LogP contribution in [0.4, 0.5) is 5.69 Å². The molecular weight excluding hydrogens is 730 g/mol. The molecule has 4 bridgehead atoms. The fraction of sp³-hybridized carbons (Fsp3) is 0.550. The smallest absolute Gasteiger partial charge is 0.264 e. The van der Waals surface area contributed by atoms with Gasteiger partial charge < -0.3 is 23.8 Å². The van der Waals surface area contributed by atoms with Crippen molar-refractivity contribution in [1.29, 1.82) is 0 Å². The van der Waals surface area contributed by atoms with Crippen LogP contribution in [0.1, 0.15) is 48.9 Å². The third-order valence-corrected chi connectivity index (χ3v) is 12.8. The van der Waals surface area contributed by atoms with Gasteiger partial charge >= 0.3 is 0 Å². The number of aryl methyl sites for hydroxylation is 1. The van der Waals surface area contributed by atoms with Gasteiger partial charge in [0.1, 0.15) is 12.4 Å². The van der Waals surface area contributed by atoms with Crippen molar-refractivity contribution in [2.45, 2.75) is 49.8 Å². The molecule has 2 fully saturated rings. The Bertz CT molecular complexity index is 1890. The van der Waals surface area contributed by atoms with E-state index in [4.69, 9.17) is 30.5 Å². The average molecular weight is 782 g/mol. The largest absolute Gasteiger partial charge is 0.491 e. The molecule has 0 radical (unpaired) electrons. The number of hydrogen-bond acceptors (Lipinski definition) is 11. The molecule has 2 aromatic carbocycles. The lowest BCUT2D eigenvalue weighted by atomic mass is 9.73. The van der Waals surface area contributed by atoms with Gasteiger partial charge in [-0.2, -0.15) is 0 Å². The van der Waals surface area contributed by atoms with Crippen molar-refractivity contribution in [2.24, 2.45) is 11.8 Å². The molecule has 1 aromatic heterocycles. The zero-order valence-electron chi connectivity index (χ0n) is 31.3. The minimum atomic E-state index is -4.19. The van der Waals surface area contributed by atoms with Gasteiger partial charge in [0.05, 0.1) is 42.5 Å². The van der Waals surface area contributed by atoms with Gasteiger partial charge in [-0.1, -0.05) is 31.0 Å². The second kappa shape index (κ2) is 17.5. The molecule has 12 nitrogen and oxygen atoms in total. The van der Waals surface area contributed by atoms with E-state index in [1.807, 2.05) is 12.1 Å². The molecule has 4 heterocycles. The molecule has 14 heteroatoms. The summed E-state index contributed by atoms with van der Waals surface area (Å²) in [7, 11) is -2.46. The minimum Gasteiger partial charge on any atom is -0.491 e. The third-order valence-electron chi connectivity index (χ3n) is 11.2. The summed E-state index contributed by atoms with van der Waals surface area (Å²) in [6.07, 6.45) is 3.68. The van der Waals surface area contributed by atoms with E-state index in [9.17, 15) is 13.2 Å². The van der Waals surface area contributed by atoms with E-state index in [2.05, 4.69) is 37.4 Å². The highest BCUT2D eigenvalue weighted by Crippen LogP contribution is 2.42. The molecule has 0 unspecified atom stereocenters. The predicted molar refractivity (Wildman–Crippen MR) is 208 cm³/mol. The number of ether oxygens (including phenoxy) is 4. The third kappa shape index (κ3) is 9.25. The Morgan fingerprint density at radius 1 is 0.926 bits per heavy atom.